The van der Waals surface area contributed by atoms with Crippen LogP contribution in [0.3, 0.4) is 0 Å². The molecule has 2 unspecified atom stereocenters. The van der Waals surface area contributed by atoms with Gasteiger partial charge in [0.15, 0.2) is 5.60 Å². The van der Waals surface area contributed by atoms with Gasteiger partial charge in [0, 0.05) is 0 Å². The fourth-order valence-corrected chi connectivity index (χ4v) is 2.38. The summed E-state index contributed by atoms with van der Waals surface area (Å²) in [6.07, 6.45) is 5.15. The predicted molar refractivity (Wildman–Crippen MR) is 52.1 cm³/mol. The Labute approximate surface area is 84.4 Å². The van der Waals surface area contributed by atoms with Gasteiger partial charge in [-0.2, -0.15) is 0 Å². The Bertz CT molecular complexity index is 259. The molecule has 2 fully saturated rings. The molecule has 1 aliphatic heterocycles. The summed E-state index contributed by atoms with van der Waals surface area (Å²) in [5.74, 6) is -0.0341. The number of carbonyl (C=O) groups is 1. The summed E-state index contributed by atoms with van der Waals surface area (Å²) in [7, 11) is 0. The molecule has 14 heavy (non-hydrogen) atoms. The van der Waals surface area contributed by atoms with E-state index in [1.807, 2.05) is 0 Å². The van der Waals surface area contributed by atoms with Gasteiger partial charge in [0.05, 0.1) is 5.60 Å². The number of carboxylic acids is 1. The van der Waals surface area contributed by atoms with Crippen LogP contribution in [0.4, 0.5) is 0 Å². The summed E-state index contributed by atoms with van der Waals surface area (Å²) in [5.41, 5.74) is -1.13. The summed E-state index contributed by atoms with van der Waals surface area (Å²) in [6.45, 7) is 3.74. The van der Waals surface area contributed by atoms with Gasteiger partial charge in [-0.1, -0.05) is 12.8 Å². The minimum atomic E-state index is -0.941. The molecule has 1 heterocycles. The maximum Gasteiger partial charge on any atom is 0.335 e. The molecule has 2 atom stereocenters. The molecule has 2 aliphatic rings. The zero-order chi connectivity index (χ0) is 10.4. The van der Waals surface area contributed by atoms with Gasteiger partial charge in [0.2, 0.25) is 0 Å². The van der Waals surface area contributed by atoms with Crippen LogP contribution < -0.4 is 0 Å². The van der Waals surface area contributed by atoms with E-state index in [1.165, 1.54) is 12.8 Å². The number of ether oxygens (including phenoxy) is 1. The lowest BCUT2D eigenvalue weighted by Gasteiger charge is -2.27. The van der Waals surface area contributed by atoms with Crippen molar-refractivity contribution < 1.29 is 14.6 Å². The molecule has 0 amide bonds. The number of carboxylic acid groups (broad SMARTS) is 1. The van der Waals surface area contributed by atoms with E-state index in [1.54, 1.807) is 6.92 Å². The molecule has 1 N–H and O–H groups in total. The molecular weight excluding hydrogens is 180 g/mol. The highest BCUT2D eigenvalue weighted by molar-refractivity contribution is 5.77. The van der Waals surface area contributed by atoms with Gasteiger partial charge in [0.1, 0.15) is 0 Å². The second kappa shape index (κ2) is 2.96. The molecule has 1 aliphatic carbocycles. The normalized spacial score (nSPS) is 42.7. The fourth-order valence-electron chi connectivity index (χ4n) is 2.38. The Morgan fingerprint density at radius 1 is 1.43 bits per heavy atom. The maximum atomic E-state index is 11.0. The van der Waals surface area contributed by atoms with E-state index in [-0.39, 0.29) is 5.60 Å². The smallest absolute Gasteiger partial charge is 0.335 e. The largest absolute Gasteiger partial charge is 0.479 e. The van der Waals surface area contributed by atoms with Gasteiger partial charge < -0.3 is 9.84 Å². The predicted octanol–water partition coefficient (Wildman–Crippen LogP) is 2.20. The first kappa shape index (κ1) is 9.97. The Hall–Kier alpha value is -0.570. The molecule has 0 aromatic rings. The van der Waals surface area contributed by atoms with Crippen LogP contribution in [0.15, 0.2) is 0 Å². The topological polar surface area (TPSA) is 46.5 Å². The van der Waals surface area contributed by atoms with Gasteiger partial charge in [0.25, 0.3) is 0 Å². The van der Waals surface area contributed by atoms with Crippen molar-refractivity contribution in [2.75, 3.05) is 0 Å². The van der Waals surface area contributed by atoms with Crippen LogP contribution in [0.2, 0.25) is 0 Å². The number of hydrogen-bond donors (Lipinski definition) is 1. The number of aliphatic carboxylic acids is 1. The van der Waals surface area contributed by atoms with Crippen molar-refractivity contribution >= 4 is 5.97 Å². The first-order chi connectivity index (χ1) is 6.44. The molecule has 0 aromatic heterocycles. The molecule has 80 valence electrons. The van der Waals surface area contributed by atoms with Crippen molar-refractivity contribution in [2.24, 2.45) is 5.92 Å². The van der Waals surface area contributed by atoms with Crippen molar-refractivity contribution in [1.82, 2.24) is 0 Å². The van der Waals surface area contributed by atoms with Crippen molar-refractivity contribution in [3.8, 4) is 0 Å². The molecule has 2 rings (SSSR count). The quantitative estimate of drug-likeness (QED) is 0.756. The van der Waals surface area contributed by atoms with Gasteiger partial charge in [-0.3, -0.25) is 0 Å². The van der Waals surface area contributed by atoms with Gasteiger partial charge in [-0.25, -0.2) is 4.79 Å². The first-order valence-electron chi connectivity index (χ1n) is 5.37. The molecular formula is C11H18O3. The standard InChI is InChI=1S/C11H18O3/c1-10(7-8-3-4-8)5-6-11(2,14-10)9(12)13/h8H,3-7H2,1-2H3,(H,12,13). The van der Waals surface area contributed by atoms with Crippen LogP contribution in [0, 0.1) is 5.92 Å². The molecule has 0 bridgehead atoms. The van der Waals surface area contributed by atoms with Crippen LogP contribution in [0.25, 0.3) is 0 Å². The monoisotopic (exact) mass is 198 g/mol. The van der Waals surface area contributed by atoms with Crippen molar-refractivity contribution in [1.29, 1.82) is 0 Å². The number of hydrogen-bond acceptors (Lipinski definition) is 2. The second-order valence-corrected chi connectivity index (χ2v) is 5.24. The summed E-state index contributed by atoms with van der Waals surface area (Å²) in [6, 6.07) is 0. The Morgan fingerprint density at radius 3 is 2.50 bits per heavy atom. The van der Waals surface area contributed by atoms with Gasteiger partial charge >= 0.3 is 5.97 Å². The zero-order valence-corrected chi connectivity index (χ0v) is 8.88. The van der Waals surface area contributed by atoms with Crippen LogP contribution >= 0.6 is 0 Å². The molecule has 1 saturated heterocycles. The first-order valence-corrected chi connectivity index (χ1v) is 5.37. The lowest BCUT2D eigenvalue weighted by molar-refractivity contribution is -0.170. The molecule has 0 aromatic carbocycles. The van der Waals surface area contributed by atoms with Crippen molar-refractivity contribution in [3.63, 3.8) is 0 Å². The van der Waals surface area contributed by atoms with Crippen LogP contribution in [0.5, 0.6) is 0 Å². The van der Waals surface area contributed by atoms with E-state index in [0.717, 1.165) is 18.8 Å². The van der Waals surface area contributed by atoms with E-state index in [4.69, 9.17) is 9.84 Å². The maximum absolute atomic E-state index is 11.0. The highest BCUT2D eigenvalue weighted by Gasteiger charge is 2.49. The van der Waals surface area contributed by atoms with Crippen LogP contribution in [-0.4, -0.2) is 22.3 Å². The Balaban J connectivity index is 2.00. The van der Waals surface area contributed by atoms with Gasteiger partial charge in [-0.15, -0.1) is 0 Å². The zero-order valence-electron chi connectivity index (χ0n) is 8.88. The second-order valence-electron chi connectivity index (χ2n) is 5.24. The average molecular weight is 198 g/mol. The third-order valence-electron chi connectivity index (χ3n) is 3.47. The van der Waals surface area contributed by atoms with Crippen molar-refractivity contribution in [2.45, 2.75) is 57.2 Å². The summed E-state index contributed by atoms with van der Waals surface area (Å²) in [4.78, 5) is 11.0. The molecule has 3 nitrogen and oxygen atoms in total. The minimum absolute atomic E-state index is 0.186. The Morgan fingerprint density at radius 2 is 2.07 bits per heavy atom. The third-order valence-corrected chi connectivity index (χ3v) is 3.47. The molecule has 0 spiro atoms. The van der Waals surface area contributed by atoms with E-state index in [0.29, 0.717) is 6.42 Å². The van der Waals surface area contributed by atoms with E-state index < -0.39 is 11.6 Å². The lowest BCUT2D eigenvalue weighted by Crippen LogP contribution is -2.38. The summed E-state index contributed by atoms with van der Waals surface area (Å²) < 4.78 is 5.75. The third kappa shape index (κ3) is 1.78. The fraction of sp³-hybridized carbons (Fsp3) is 0.909. The summed E-state index contributed by atoms with van der Waals surface area (Å²) in [5, 5.41) is 9.03. The molecule has 3 heteroatoms. The van der Waals surface area contributed by atoms with Crippen molar-refractivity contribution in [3.05, 3.63) is 0 Å². The van der Waals surface area contributed by atoms with Gasteiger partial charge in [-0.05, 0) is 39.0 Å². The highest BCUT2D eigenvalue weighted by Crippen LogP contribution is 2.46. The SMILES string of the molecule is CC1(CC2CC2)CCC(C)(C(=O)O)O1. The highest BCUT2D eigenvalue weighted by atomic mass is 16.6. The summed E-state index contributed by atoms with van der Waals surface area (Å²) >= 11 is 0. The number of rotatable bonds is 3. The van der Waals surface area contributed by atoms with Crippen LogP contribution in [0.1, 0.15) is 46.0 Å². The van der Waals surface area contributed by atoms with Crippen LogP contribution in [-0.2, 0) is 9.53 Å². The van der Waals surface area contributed by atoms with E-state index in [9.17, 15) is 4.79 Å². The van der Waals surface area contributed by atoms with E-state index in [2.05, 4.69) is 6.92 Å². The minimum Gasteiger partial charge on any atom is -0.479 e. The Kier molecular flexibility index (Phi) is 2.11. The lowest BCUT2D eigenvalue weighted by atomic mass is 9.94. The molecule has 1 saturated carbocycles. The average Bonchev–Trinajstić information content (AvgIpc) is 2.79. The van der Waals surface area contributed by atoms with E-state index >= 15 is 0 Å². The molecule has 0 radical (unpaired) electrons.